The van der Waals surface area contributed by atoms with Gasteiger partial charge in [0.2, 0.25) is 5.88 Å². The summed E-state index contributed by atoms with van der Waals surface area (Å²) in [5.74, 6) is 0.378. The van der Waals surface area contributed by atoms with Crippen molar-refractivity contribution in [3.63, 3.8) is 0 Å². The maximum absolute atomic E-state index is 13.4. The Morgan fingerprint density at radius 1 is 1.03 bits per heavy atom. The number of halogens is 1. The van der Waals surface area contributed by atoms with Gasteiger partial charge in [0.25, 0.3) is 0 Å². The van der Waals surface area contributed by atoms with Gasteiger partial charge in [0.1, 0.15) is 34.2 Å². The van der Waals surface area contributed by atoms with E-state index in [1.165, 1.54) is 19.2 Å². The zero-order chi connectivity index (χ0) is 27.3. The fourth-order valence-electron chi connectivity index (χ4n) is 3.89. The molecule has 10 heteroatoms. The number of hydrogen-bond donors (Lipinski definition) is 1. The SMILES string of the molecule is COC(=O)c1cc(N2CCC(NC(=O)OC(C)(C)C)C2)cnc1Oc1ccc(Oc2cccc(F)c2)cc1. The van der Waals surface area contributed by atoms with Gasteiger partial charge in [-0.1, -0.05) is 6.07 Å². The molecule has 1 fully saturated rings. The molecule has 0 saturated carbocycles. The molecule has 200 valence electrons. The number of anilines is 1. The molecule has 4 rings (SSSR count). The van der Waals surface area contributed by atoms with E-state index >= 15 is 0 Å². The van der Waals surface area contributed by atoms with E-state index in [1.54, 1.807) is 48.7 Å². The summed E-state index contributed by atoms with van der Waals surface area (Å²) in [6.45, 7) is 6.63. The van der Waals surface area contributed by atoms with E-state index < -0.39 is 23.5 Å². The summed E-state index contributed by atoms with van der Waals surface area (Å²) in [6.07, 6.45) is 1.86. The van der Waals surface area contributed by atoms with E-state index in [4.69, 9.17) is 18.9 Å². The molecule has 1 aromatic heterocycles. The van der Waals surface area contributed by atoms with Gasteiger partial charge in [0.15, 0.2) is 0 Å². The number of amides is 1. The van der Waals surface area contributed by atoms with E-state index in [-0.39, 0.29) is 17.5 Å². The number of carbonyl (C=O) groups is 2. The molecule has 2 aromatic carbocycles. The lowest BCUT2D eigenvalue weighted by Crippen LogP contribution is -2.40. The van der Waals surface area contributed by atoms with Gasteiger partial charge in [-0.3, -0.25) is 0 Å². The number of rotatable bonds is 7. The van der Waals surface area contributed by atoms with Crippen molar-refractivity contribution in [2.24, 2.45) is 0 Å². The standard InChI is InChI=1S/C28H30FN3O6/c1-28(2,3)38-27(34)31-19-12-13-32(17-19)20-15-24(26(33)35-4)25(30-16-20)37-22-10-8-21(9-11-22)36-23-7-5-6-18(29)14-23/h5-11,14-16,19H,12-13,17H2,1-4H3,(H,31,34). The zero-order valence-electron chi connectivity index (χ0n) is 21.7. The molecule has 1 aliphatic rings. The summed E-state index contributed by atoms with van der Waals surface area (Å²) in [6, 6.07) is 14.0. The Hall–Kier alpha value is -4.34. The highest BCUT2D eigenvalue weighted by Gasteiger charge is 2.28. The van der Waals surface area contributed by atoms with E-state index in [1.807, 2.05) is 25.7 Å². The third-order valence-electron chi connectivity index (χ3n) is 5.59. The van der Waals surface area contributed by atoms with Gasteiger partial charge in [-0.05, 0) is 69.7 Å². The summed E-state index contributed by atoms with van der Waals surface area (Å²) >= 11 is 0. The van der Waals surface area contributed by atoms with Crippen molar-refractivity contribution in [2.45, 2.75) is 38.8 Å². The largest absolute Gasteiger partial charge is 0.465 e. The minimum absolute atomic E-state index is 0.0852. The van der Waals surface area contributed by atoms with Crippen LogP contribution < -0.4 is 19.7 Å². The summed E-state index contributed by atoms with van der Waals surface area (Å²) < 4.78 is 35.2. The number of esters is 1. The van der Waals surface area contributed by atoms with Crippen molar-refractivity contribution in [1.29, 1.82) is 0 Å². The number of methoxy groups -OCH3 is 1. The molecule has 1 N–H and O–H groups in total. The molecule has 0 spiro atoms. The fraction of sp³-hybridized carbons (Fsp3) is 0.321. The second kappa shape index (κ2) is 11.4. The van der Waals surface area contributed by atoms with Crippen LogP contribution in [-0.2, 0) is 9.47 Å². The number of nitrogens with one attached hydrogen (secondary N) is 1. The lowest BCUT2D eigenvalue weighted by molar-refractivity contribution is 0.0508. The number of hydrogen-bond acceptors (Lipinski definition) is 8. The number of benzene rings is 2. The van der Waals surface area contributed by atoms with E-state index in [0.717, 1.165) is 6.42 Å². The van der Waals surface area contributed by atoms with Gasteiger partial charge in [-0.25, -0.2) is 19.0 Å². The van der Waals surface area contributed by atoms with Gasteiger partial charge in [0.05, 0.1) is 25.0 Å². The minimum Gasteiger partial charge on any atom is -0.465 e. The molecule has 0 aliphatic carbocycles. The minimum atomic E-state index is -0.594. The molecule has 9 nitrogen and oxygen atoms in total. The molecule has 0 bridgehead atoms. The number of carbonyl (C=O) groups excluding carboxylic acids is 2. The summed E-state index contributed by atoms with van der Waals surface area (Å²) in [4.78, 5) is 31.0. The van der Waals surface area contributed by atoms with Crippen LogP contribution in [0.5, 0.6) is 23.1 Å². The molecular weight excluding hydrogens is 493 g/mol. The Morgan fingerprint density at radius 3 is 2.39 bits per heavy atom. The van der Waals surface area contributed by atoms with Crippen LogP contribution in [0, 0.1) is 5.82 Å². The Balaban J connectivity index is 1.43. The lowest BCUT2D eigenvalue weighted by Gasteiger charge is -2.22. The number of aromatic nitrogens is 1. The number of pyridine rings is 1. The quantitative estimate of drug-likeness (QED) is 0.394. The lowest BCUT2D eigenvalue weighted by atomic mass is 10.2. The average Bonchev–Trinajstić information content (AvgIpc) is 3.32. The Labute approximate surface area is 220 Å². The van der Waals surface area contributed by atoms with Crippen molar-refractivity contribution in [1.82, 2.24) is 10.3 Å². The van der Waals surface area contributed by atoms with Crippen LogP contribution >= 0.6 is 0 Å². The van der Waals surface area contributed by atoms with Crippen LogP contribution in [0.1, 0.15) is 37.6 Å². The molecule has 0 radical (unpaired) electrons. The van der Waals surface area contributed by atoms with Gasteiger partial charge in [-0.15, -0.1) is 0 Å². The second-order valence-corrected chi connectivity index (χ2v) is 9.75. The van der Waals surface area contributed by atoms with Crippen molar-refractivity contribution in [2.75, 3.05) is 25.1 Å². The van der Waals surface area contributed by atoms with Crippen LogP contribution in [0.4, 0.5) is 14.9 Å². The molecule has 38 heavy (non-hydrogen) atoms. The molecule has 2 heterocycles. The summed E-state index contributed by atoms with van der Waals surface area (Å²) in [5, 5.41) is 2.88. The first-order valence-corrected chi connectivity index (χ1v) is 12.1. The molecule has 1 aliphatic heterocycles. The predicted molar refractivity (Wildman–Crippen MR) is 139 cm³/mol. The van der Waals surface area contributed by atoms with Gasteiger partial charge < -0.3 is 29.2 Å². The Morgan fingerprint density at radius 2 is 1.74 bits per heavy atom. The van der Waals surface area contributed by atoms with Crippen molar-refractivity contribution < 1.29 is 32.9 Å². The molecule has 1 unspecified atom stereocenters. The molecule has 1 saturated heterocycles. The van der Waals surface area contributed by atoms with Gasteiger partial charge in [-0.2, -0.15) is 0 Å². The van der Waals surface area contributed by atoms with Crippen molar-refractivity contribution >= 4 is 17.7 Å². The smallest absolute Gasteiger partial charge is 0.407 e. The molecular formula is C28H30FN3O6. The normalized spacial score (nSPS) is 15.1. The van der Waals surface area contributed by atoms with Crippen LogP contribution in [0.2, 0.25) is 0 Å². The number of alkyl carbamates (subject to hydrolysis) is 1. The third kappa shape index (κ3) is 7.12. The average molecular weight is 524 g/mol. The molecule has 1 amide bonds. The number of nitrogens with zero attached hydrogens (tertiary/aromatic N) is 2. The first kappa shape index (κ1) is 26.7. The summed E-state index contributed by atoms with van der Waals surface area (Å²) in [5.41, 5.74) is 0.283. The highest BCUT2D eigenvalue weighted by atomic mass is 19.1. The molecule has 1 atom stereocenters. The second-order valence-electron chi connectivity index (χ2n) is 9.75. The first-order valence-electron chi connectivity index (χ1n) is 12.1. The first-order chi connectivity index (χ1) is 18.1. The Bertz CT molecular complexity index is 1290. The van der Waals surface area contributed by atoms with Gasteiger partial charge >= 0.3 is 12.1 Å². The van der Waals surface area contributed by atoms with Crippen LogP contribution in [0.3, 0.4) is 0 Å². The van der Waals surface area contributed by atoms with Crippen molar-refractivity contribution in [3.8, 4) is 23.1 Å². The molecule has 3 aromatic rings. The maximum atomic E-state index is 13.4. The topological polar surface area (TPSA) is 99.2 Å². The highest BCUT2D eigenvalue weighted by Crippen LogP contribution is 2.31. The van der Waals surface area contributed by atoms with Crippen LogP contribution in [0.15, 0.2) is 60.8 Å². The monoisotopic (exact) mass is 523 g/mol. The Kier molecular flexibility index (Phi) is 7.99. The number of ether oxygens (including phenoxy) is 4. The third-order valence-corrected chi connectivity index (χ3v) is 5.59. The highest BCUT2D eigenvalue weighted by molar-refractivity contribution is 5.93. The van der Waals surface area contributed by atoms with Gasteiger partial charge in [0, 0.05) is 19.2 Å². The zero-order valence-corrected chi connectivity index (χ0v) is 21.7. The van der Waals surface area contributed by atoms with Crippen LogP contribution in [0.25, 0.3) is 0 Å². The van der Waals surface area contributed by atoms with E-state index in [9.17, 15) is 14.0 Å². The van der Waals surface area contributed by atoms with E-state index in [2.05, 4.69) is 10.3 Å². The van der Waals surface area contributed by atoms with E-state index in [0.29, 0.717) is 36.0 Å². The summed E-state index contributed by atoms with van der Waals surface area (Å²) in [7, 11) is 1.29. The van der Waals surface area contributed by atoms with Crippen LogP contribution in [-0.4, -0.2) is 48.9 Å². The maximum Gasteiger partial charge on any atom is 0.407 e. The predicted octanol–water partition coefficient (Wildman–Crippen LogP) is 5.70. The fourth-order valence-corrected chi connectivity index (χ4v) is 3.89. The van der Waals surface area contributed by atoms with Crippen molar-refractivity contribution in [3.05, 3.63) is 72.2 Å².